The fraction of sp³-hybridized carbons (Fsp3) is 0.286. The second-order valence-electron chi connectivity index (χ2n) is 6.25. The van der Waals surface area contributed by atoms with Crippen LogP contribution in [0.15, 0.2) is 53.7 Å². The minimum absolute atomic E-state index is 0.150. The molecule has 0 spiro atoms. The standard InChI is InChI=1S/C21H23ClN4O2S/c1-3-15-9-11-16(12-10-15)28-13-19-24-25-21(26(19)4-2)29-14-20(27)23-18-8-6-5-7-17(18)22/h5-12H,3-4,13-14H2,1-2H3,(H,23,27). The SMILES string of the molecule is CCc1ccc(OCc2nnc(SCC(=O)Nc3ccccc3Cl)n2CC)cc1. The zero-order valence-electron chi connectivity index (χ0n) is 16.4. The van der Waals surface area contributed by atoms with Crippen LogP contribution in [0.3, 0.4) is 0 Å². The van der Waals surface area contributed by atoms with Crippen molar-refractivity contribution in [3.8, 4) is 5.75 Å². The molecule has 3 rings (SSSR count). The Balaban J connectivity index is 1.57. The van der Waals surface area contributed by atoms with Gasteiger partial charge in [-0.15, -0.1) is 10.2 Å². The third-order valence-electron chi connectivity index (χ3n) is 4.29. The van der Waals surface area contributed by atoms with Crippen LogP contribution in [0.1, 0.15) is 25.2 Å². The van der Waals surface area contributed by atoms with Crippen molar-refractivity contribution in [2.75, 3.05) is 11.1 Å². The minimum atomic E-state index is -0.150. The number of carbonyl (C=O) groups is 1. The summed E-state index contributed by atoms with van der Waals surface area (Å²) in [6.45, 7) is 5.14. The van der Waals surface area contributed by atoms with Gasteiger partial charge in [0.05, 0.1) is 16.5 Å². The first-order chi connectivity index (χ1) is 14.1. The van der Waals surface area contributed by atoms with Crippen molar-refractivity contribution < 1.29 is 9.53 Å². The molecule has 1 heterocycles. The molecule has 0 saturated heterocycles. The fourth-order valence-electron chi connectivity index (χ4n) is 2.70. The maximum absolute atomic E-state index is 12.2. The first-order valence-corrected chi connectivity index (χ1v) is 10.8. The van der Waals surface area contributed by atoms with E-state index in [2.05, 4.69) is 34.6 Å². The highest BCUT2D eigenvalue weighted by atomic mass is 35.5. The highest BCUT2D eigenvalue weighted by Gasteiger charge is 2.14. The van der Waals surface area contributed by atoms with Crippen LogP contribution in [0.25, 0.3) is 0 Å². The number of nitrogens with one attached hydrogen (secondary N) is 1. The molecule has 29 heavy (non-hydrogen) atoms. The van der Waals surface area contributed by atoms with Gasteiger partial charge in [-0.1, -0.05) is 54.6 Å². The van der Waals surface area contributed by atoms with Crippen molar-refractivity contribution in [1.82, 2.24) is 14.8 Å². The smallest absolute Gasteiger partial charge is 0.234 e. The summed E-state index contributed by atoms with van der Waals surface area (Å²) in [7, 11) is 0. The Hall–Kier alpha value is -2.51. The number of para-hydroxylation sites is 1. The van der Waals surface area contributed by atoms with Crippen LogP contribution in [-0.4, -0.2) is 26.4 Å². The second kappa shape index (κ2) is 10.3. The number of rotatable bonds is 9. The van der Waals surface area contributed by atoms with E-state index in [1.807, 2.05) is 35.8 Å². The monoisotopic (exact) mass is 430 g/mol. The fourth-order valence-corrected chi connectivity index (χ4v) is 3.70. The molecule has 1 amide bonds. The lowest BCUT2D eigenvalue weighted by molar-refractivity contribution is -0.113. The molecule has 0 saturated carbocycles. The predicted molar refractivity (Wildman–Crippen MR) is 117 cm³/mol. The maximum Gasteiger partial charge on any atom is 0.234 e. The lowest BCUT2D eigenvalue weighted by Crippen LogP contribution is -2.15. The van der Waals surface area contributed by atoms with E-state index in [0.29, 0.717) is 29.0 Å². The van der Waals surface area contributed by atoms with Crippen molar-refractivity contribution in [2.45, 2.75) is 38.6 Å². The average molecular weight is 431 g/mol. The van der Waals surface area contributed by atoms with Gasteiger partial charge in [0.15, 0.2) is 11.0 Å². The first kappa shape index (κ1) is 21.2. The van der Waals surface area contributed by atoms with E-state index in [4.69, 9.17) is 16.3 Å². The number of ether oxygens (including phenoxy) is 1. The van der Waals surface area contributed by atoms with E-state index in [1.165, 1.54) is 17.3 Å². The summed E-state index contributed by atoms with van der Waals surface area (Å²) >= 11 is 7.41. The topological polar surface area (TPSA) is 69.0 Å². The normalized spacial score (nSPS) is 10.7. The van der Waals surface area contributed by atoms with Crippen molar-refractivity contribution in [3.63, 3.8) is 0 Å². The Morgan fingerprint density at radius 1 is 1.14 bits per heavy atom. The van der Waals surface area contributed by atoms with Gasteiger partial charge in [0, 0.05) is 6.54 Å². The van der Waals surface area contributed by atoms with Gasteiger partial charge in [-0.25, -0.2) is 0 Å². The van der Waals surface area contributed by atoms with E-state index in [-0.39, 0.29) is 11.7 Å². The summed E-state index contributed by atoms with van der Waals surface area (Å²) in [4.78, 5) is 12.2. The maximum atomic E-state index is 12.2. The van der Waals surface area contributed by atoms with Crippen molar-refractivity contribution in [3.05, 3.63) is 64.9 Å². The summed E-state index contributed by atoms with van der Waals surface area (Å²) in [5, 5.41) is 12.4. The number of nitrogens with zero attached hydrogens (tertiary/aromatic N) is 3. The Bertz CT molecular complexity index is 960. The Labute approximate surface area is 179 Å². The second-order valence-corrected chi connectivity index (χ2v) is 7.60. The van der Waals surface area contributed by atoms with Gasteiger partial charge < -0.3 is 14.6 Å². The first-order valence-electron chi connectivity index (χ1n) is 9.41. The van der Waals surface area contributed by atoms with Crippen LogP contribution in [0.4, 0.5) is 5.69 Å². The zero-order valence-corrected chi connectivity index (χ0v) is 18.0. The number of hydrogen-bond donors (Lipinski definition) is 1. The molecule has 0 bridgehead atoms. The van der Waals surface area contributed by atoms with Gasteiger partial charge in [-0.05, 0) is 43.2 Å². The van der Waals surface area contributed by atoms with E-state index in [9.17, 15) is 4.79 Å². The summed E-state index contributed by atoms with van der Waals surface area (Å²) in [5.41, 5.74) is 1.86. The quantitative estimate of drug-likeness (QED) is 0.492. The Morgan fingerprint density at radius 3 is 2.59 bits per heavy atom. The van der Waals surface area contributed by atoms with Crippen LogP contribution >= 0.6 is 23.4 Å². The summed E-state index contributed by atoms with van der Waals surface area (Å²) in [5.74, 6) is 1.58. The highest BCUT2D eigenvalue weighted by molar-refractivity contribution is 7.99. The van der Waals surface area contributed by atoms with E-state index in [1.54, 1.807) is 12.1 Å². The van der Waals surface area contributed by atoms with E-state index in [0.717, 1.165) is 18.0 Å². The van der Waals surface area contributed by atoms with Crippen LogP contribution in [0.2, 0.25) is 5.02 Å². The molecule has 0 unspecified atom stereocenters. The molecule has 1 aromatic heterocycles. The molecule has 0 radical (unpaired) electrons. The molecule has 0 aliphatic heterocycles. The number of hydrogen-bond acceptors (Lipinski definition) is 5. The number of benzene rings is 2. The lowest BCUT2D eigenvalue weighted by Gasteiger charge is -2.10. The van der Waals surface area contributed by atoms with E-state index < -0.39 is 0 Å². The molecule has 0 aliphatic rings. The highest BCUT2D eigenvalue weighted by Crippen LogP contribution is 2.22. The number of aromatic nitrogens is 3. The minimum Gasteiger partial charge on any atom is -0.486 e. The third kappa shape index (κ3) is 5.74. The molecular weight excluding hydrogens is 408 g/mol. The molecule has 3 aromatic rings. The van der Waals surface area contributed by atoms with Crippen molar-refractivity contribution >= 4 is 35.0 Å². The summed E-state index contributed by atoms with van der Waals surface area (Å²) in [6, 6.07) is 15.2. The predicted octanol–water partition coefficient (Wildman–Crippen LogP) is 4.82. The molecular formula is C21H23ClN4O2S. The molecule has 0 fully saturated rings. The molecule has 1 N–H and O–H groups in total. The molecule has 152 valence electrons. The number of amides is 1. The molecule has 8 heteroatoms. The zero-order chi connectivity index (χ0) is 20.6. The van der Waals surface area contributed by atoms with Crippen LogP contribution in [0.5, 0.6) is 5.75 Å². The number of halogens is 1. The van der Waals surface area contributed by atoms with Gasteiger partial charge in [0.1, 0.15) is 12.4 Å². The Kier molecular flexibility index (Phi) is 7.55. The summed E-state index contributed by atoms with van der Waals surface area (Å²) in [6.07, 6.45) is 0.995. The summed E-state index contributed by atoms with van der Waals surface area (Å²) < 4.78 is 7.79. The average Bonchev–Trinajstić information content (AvgIpc) is 3.14. The van der Waals surface area contributed by atoms with E-state index >= 15 is 0 Å². The molecule has 0 aliphatic carbocycles. The van der Waals surface area contributed by atoms with Crippen LogP contribution < -0.4 is 10.1 Å². The van der Waals surface area contributed by atoms with Gasteiger partial charge in [0.25, 0.3) is 0 Å². The van der Waals surface area contributed by atoms with Crippen molar-refractivity contribution in [1.29, 1.82) is 0 Å². The third-order valence-corrected chi connectivity index (χ3v) is 5.59. The number of thioether (sulfide) groups is 1. The van der Waals surface area contributed by atoms with Crippen LogP contribution in [-0.2, 0) is 24.4 Å². The van der Waals surface area contributed by atoms with Gasteiger partial charge >= 0.3 is 0 Å². The molecule has 2 aromatic carbocycles. The van der Waals surface area contributed by atoms with Gasteiger partial charge in [-0.2, -0.15) is 0 Å². The number of aryl methyl sites for hydroxylation is 1. The van der Waals surface area contributed by atoms with Gasteiger partial charge in [0.2, 0.25) is 5.91 Å². The number of carbonyl (C=O) groups excluding carboxylic acids is 1. The molecule has 0 atom stereocenters. The Morgan fingerprint density at radius 2 is 1.90 bits per heavy atom. The van der Waals surface area contributed by atoms with Crippen LogP contribution in [0, 0.1) is 0 Å². The largest absolute Gasteiger partial charge is 0.486 e. The van der Waals surface area contributed by atoms with Crippen molar-refractivity contribution in [2.24, 2.45) is 0 Å². The van der Waals surface area contributed by atoms with Gasteiger partial charge in [-0.3, -0.25) is 4.79 Å². The number of anilines is 1. The molecule has 6 nitrogen and oxygen atoms in total. The lowest BCUT2D eigenvalue weighted by atomic mass is 10.2.